The Balaban J connectivity index is 1.53. The predicted octanol–water partition coefficient (Wildman–Crippen LogP) is 1.19. The molecule has 1 aliphatic heterocycles. The second-order valence-electron chi connectivity index (χ2n) is 7.64. The number of amides is 2. The number of rotatable bonds is 8. The van der Waals surface area contributed by atoms with Crippen LogP contribution in [0.25, 0.3) is 0 Å². The van der Waals surface area contributed by atoms with Crippen LogP contribution in [0.2, 0.25) is 0 Å². The van der Waals surface area contributed by atoms with Crippen molar-refractivity contribution < 1.29 is 9.59 Å². The molecule has 6 N–H and O–H groups in total. The van der Waals surface area contributed by atoms with Crippen LogP contribution in [0, 0.1) is 5.41 Å². The number of nitrogens with zero attached hydrogens (tertiary/aromatic N) is 1. The molecule has 7 heteroatoms. The van der Waals surface area contributed by atoms with E-state index in [1.165, 1.54) is 0 Å². The normalized spacial score (nSPS) is 16.8. The Kier molecular flexibility index (Phi) is 7.19. The van der Waals surface area contributed by atoms with Gasteiger partial charge >= 0.3 is 0 Å². The lowest BCUT2D eigenvalue weighted by Crippen LogP contribution is -2.52. The molecule has 2 aromatic carbocycles. The van der Waals surface area contributed by atoms with E-state index in [4.69, 9.17) is 16.9 Å². The number of hydrogen-bond donors (Lipinski definition) is 4. The van der Waals surface area contributed by atoms with Crippen molar-refractivity contribution >= 4 is 17.6 Å². The molecule has 0 saturated carbocycles. The van der Waals surface area contributed by atoms with Crippen molar-refractivity contribution in [3.05, 3.63) is 71.3 Å². The minimum atomic E-state index is -0.657. The van der Waals surface area contributed by atoms with Crippen molar-refractivity contribution in [3.63, 3.8) is 0 Å². The van der Waals surface area contributed by atoms with Crippen molar-refractivity contribution in [2.45, 2.75) is 37.8 Å². The number of amidine groups is 1. The maximum absolute atomic E-state index is 12.9. The maximum atomic E-state index is 12.9. The van der Waals surface area contributed by atoms with Crippen molar-refractivity contribution in [3.8, 4) is 0 Å². The van der Waals surface area contributed by atoms with E-state index in [9.17, 15) is 9.59 Å². The molecule has 0 spiro atoms. The fourth-order valence-electron chi connectivity index (χ4n) is 3.81. The number of carbonyl (C=O) groups is 2. The number of likely N-dealkylation sites (tertiary alicyclic amines) is 1. The summed E-state index contributed by atoms with van der Waals surface area (Å²) in [7, 11) is 0. The molecule has 1 fully saturated rings. The molecule has 1 saturated heterocycles. The van der Waals surface area contributed by atoms with Crippen LogP contribution < -0.4 is 16.8 Å². The zero-order valence-corrected chi connectivity index (χ0v) is 17.0. The van der Waals surface area contributed by atoms with E-state index in [1.54, 1.807) is 11.0 Å². The zero-order chi connectivity index (χ0) is 21.5. The van der Waals surface area contributed by atoms with Gasteiger partial charge in [-0.3, -0.25) is 15.0 Å². The van der Waals surface area contributed by atoms with Crippen LogP contribution in [0.15, 0.2) is 54.6 Å². The number of hydrogen-bond acceptors (Lipinski definition) is 4. The molecular formula is C23H29N5O2. The van der Waals surface area contributed by atoms with Crippen LogP contribution in [0.4, 0.5) is 0 Å². The monoisotopic (exact) mass is 407 g/mol. The van der Waals surface area contributed by atoms with Gasteiger partial charge in [-0.05, 0) is 42.9 Å². The summed E-state index contributed by atoms with van der Waals surface area (Å²) in [6, 6.07) is 16.0. The molecule has 2 atom stereocenters. The minimum Gasteiger partial charge on any atom is -0.384 e. The third-order valence-electron chi connectivity index (χ3n) is 5.41. The highest BCUT2D eigenvalue weighted by atomic mass is 16.2. The molecule has 2 aromatic rings. The fourth-order valence-corrected chi connectivity index (χ4v) is 3.81. The first-order chi connectivity index (χ1) is 14.5. The van der Waals surface area contributed by atoms with Gasteiger partial charge < -0.3 is 21.7 Å². The molecule has 1 aliphatic rings. The van der Waals surface area contributed by atoms with Gasteiger partial charge in [0.05, 0.1) is 6.04 Å². The van der Waals surface area contributed by atoms with Crippen LogP contribution in [0.5, 0.6) is 0 Å². The Morgan fingerprint density at radius 3 is 2.60 bits per heavy atom. The van der Waals surface area contributed by atoms with E-state index in [1.807, 2.05) is 48.5 Å². The Bertz CT molecular complexity index is 899. The largest absolute Gasteiger partial charge is 0.384 e. The SMILES string of the molecule is N=C(N)c1cccc(CCNC(=O)[C@@H]2CCCN2C(=O)[C@H](N)Cc2ccccc2)c1. The van der Waals surface area contributed by atoms with Crippen LogP contribution >= 0.6 is 0 Å². The predicted molar refractivity (Wildman–Crippen MR) is 117 cm³/mol. The Morgan fingerprint density at radius 2 is 1.87 bits per heavy atom. The highest BCUT2D eigenvalue weighted by Gasteiger charge is 2.35. The number of nitrogens with two attached hydrogens (primary N) is 2. The van der Waals surface area contributed by atoms with Crippen LogP contribution in [0.1, 0.15) is 29.5 Å². The van der Waals surface area contributed by atoms with Gasteiger partial charge in [0.15, 0.2) is 0 Å². The number of benzene rings is 2. The summed E-state index contributed by atoms with van der Waals surface area (Å²) < 4.78 is 0. The summed E-state index contributed by atoms with van der Waals surface area (Å²) in [6.45, 7) is 1.01. The van der Waals surface area contributed by atoms with E-state index < -0.39 is 12.1 Å². The van der Waals surface area contributed by atoms with Gasteiger partial charge in [-0.15, -0.1) is 0 Å². The van der Waals surface area contributed by atoms with E-state index in [0.717, 1.165) is 17.5 Å². The number of nitrogen functional groups attached to an aromatic ring is 1. The first-order valence-corrected chi connectivity index (χ1v) is 10.3. The van der Waals surface area contributed by atoms with Gasteiger partial charge in [0.1, 0.15) is 11.9 Å². The highest BCUT2D eigenvalue weighted by Crippen LogP contribution is 2.19. The molecule has 0 radical (unpaired) electrons. The molecular weight excluding hydrogens is 378 g/mol. The summed E-state index contributed by atoms with van der Waals surface area (Å²) in [4.78, 5) is 27.2. The van der Waals surface area contributed by atoms with E-state index >= 15 is 0 Å². The molecule has 2 amide bonds. The maximum Gasteiger partial charge on any atom is 0.242 e. The van der Waals surface area contributed by atoms with Gasteiger partial charge in [0, 0.05) is 18.7 Å². The van der Waals surface area contributed by atoms with Crippen molar-refractivity contribution in [1.29, 1.82) is 5.41 Å². The first kappa shape index (κ1) is 21.5. The fraction of sp³-hybridized carbons (Fsp3) is 0.348. The first-order valence-electron chi connectivity index (χ1n) is 10.3. The van der Waals surface area contributed by atoms with Gasteiger partial charge in [-0.2, -0.15) is 0 Å². The molecule has 0 bridgehead atoms. The van der Waals surface area contributed by atoms with E-state index in [0.29, 0.717) is 37.9 Å². The molecule has 1 heterocycles. The van der Waals surface area contributed by atoms with Crippen LogP contribution in [-0.4, -0.2) is 47.7 Å². The average Bonchev–Trinajstić information content (AvgIpc) is 3.24. The summed E-state index contributed by atoms with van der Waals surface area (Å²) in [5.74, 6) is -0.297. The summed E-state index contributed by atoms with van der Waals surface area (Å²) in [6.07, 6.45) is 2.52. The van der Waals surface area contributed by atoms with Gasteiger partial charge in [-0.1, -0.05) is 48.5 Å². The Morgan fingerprint density at radius 1 is 1.13 bits per heavy atom. The third kappa shape index (κ3) is 5.45. The van der Waals surface area contributed by atoms with Crippen molar-refractivity contribution in [2.24, 2.45) is 11.5 Å². The topological polar surface area (TPSA) is 125 Å². The number of nitrogens with one attached hydrogen (secondary N) is 2. The average molecular weight is 408 g/mol. The van der Waals surface area contributed by atoms with Gasteiger partial charge in [0.2, 0.25) is 11.8 Å². The molecule has 7 nitrogen and oxygen atoms in total. The summed E-state index contributed by atoms with van der Waals surface area (Å²) in [5.41, 5.74) is 14.3. The Labute approximate surface area is 176 Å². The lowest BCUT2D eigenvalue weighted by atomic mass is 10.0. The molecule has 0 aromatic heterocycles. The lowest BCUT2D eigenvalue weighted by Gasteiger charge is -2.26. The minimum absolute atomic E-state index is 0.0211. The second kappa shape index (κ2) is 10.0. The molecule has 30 heavy (non-hydrogen) atoms. The van der Waals surface area contributed by atoms with Crippen LogP contribution in [-0.2, 0) is 22.4 Å². The van der Waals surface area contributed by atoms with Crippen molar-refractivity contribution in [1.82, 2.24) is 10.2 Å². The van der Waals surface area contributed by atoms with E-state index in [2.05, 4.69) is 5.32 Å². The number of carbonyl (C=O) groups excluding carboxylic acids is 2. The lowest BCUT2D eigenvalue weighted by molar-refractivity contribution is -0.139. The zero-order valence-electron chi connectivity index (χ0n) is 17.0. The van der Waals surface area contributed by atoms with E-state index in [-0.39, 0.29) is 17.6 Å². The Hall–Kier alpha value is -3.19. The molecule has 0 unspecified atom stereocenters. The van der Waals surface area contributed by atoms with Crippen molar-refractivity contribution in [2.75, 3.05) is 13.1 Å². The molecule has 3 rings (SSSR count). The summed E-state index contributed by atoms with van der Waals surface area (Å²) >= 11 is 0. The standard InChI is InChI=1S/C23H29N5O2/c24-19(15-16-6-2-1-3-7-16)23(30)28-13-5-10-20(28)22(29)27-12-11-17-8-4-9-18(14-17)21(25)26/h1-4,6-9,14,19-20H,5,10-13,15,24H2,(H3,25,26)(H,27,29)/t19-,20+/m1/s1. The quantitative estimate of drug-likeness (QED) is 0.387. The van der Waals surface area contributed by atoms with Gasteiger partial charge in [-0.25, -0.2) is 0 Å². The van der Waals surface area contributed by atoms with Crippen LogP contribution in [0.3, 0.4) is 0 Å². The van der Waals surface area contributed by atoms with Gasteiger partial charge in [0.25, 0.3) is 0 Å². The summed E-state index contributed by atoms with van der Waals surface area (Å²) in [5, 5.41) is 10.5. The molecule has 158 valence electrons. The third-order valence-corrected chi connectivity index (χ3v) is 5.41. The highest BCUT2D eigenvalue weighted by molar-refractivity contribution is 5.95. The second-order valence-corrected chi connectivity index (χ2v) is 7.64. The smallest absolute Gasteiger partial charge is 0.242 e. The molecule has 0 aliphatic carbocycles.